The number of halogens is 4. The summed E-state index contributed by atoms with van der Waals surface area (Å²) in [7, 11) is 1.35. The van der Waals surface area contributed by atoms with E-state index in [4.69, 9.17) is 10.3 Å². The Morgan fingerprint density at radius 1 is 1.21 bits per heavy atom. The molecule has 0 aliphatic carbocycles. The number of benzene rings is 2. The van der Waals surface area contributed by atoms with Gasteiger partial charge in [0.15, 0.2) is 0 Å². The first kappa shape index (κ1) is 25.1. The summed E-state index contributed by atoms with van der Waals surface area (Å²) in [6.07, 6.45) is -3.45. The summed E-state index contributed by atoms with van der Waals surface area (Å²) in [4.78, 5) is 17.0. The van der Waals surface area contributed by atoms with Crippen LogP contribution < -0.4 is 0 Å². The third kappa shape index (κ3) is 6.96. The predicted molar refractivity (Wildman–Crippen MR) is 122 cm³/mol. The zero-order valence-corrected chi connectivity index (χ0v) is 19.6. The van der Waals surface area contributed by atoms with E-state index in [2.05, 4.69) is 30.9 Å². The van der Waals surface area contributed by atoms with Crippen molar-refractivity contribution in [1.82, 2.24) is 4.90 Å². The number of hydrogen-bond acceptors (Lipinski definition) is 4. The van der Waals surface area contributed by atoms with Crippen LogP contribution in [-0.4, -0.2) is 31.1 Å². The second-order valence-corrected chi connectivity index (χ2v) is 8.78. The first-order valence-corrected chi connectivity index (χ1v) is 11.5. The molecule has 3 rings (SSSR count). The molecule has 0 aromatic heterocycles. The van der Waals surface area contributed by atoms with Crippen molar-refractivity contribution in [3.05, 3.63) is 75.2 Å². The van der Waals surface area contributed by atoms with Crippen LogP contribution in [0, 0.1) is 5.92 Å². The van der Waals surface area contributed by atoms with Crippen molar-refractivity contribution < 1.29 is 22.7 Å². The summed E-state index contributed by atoms with van der Waals surface area (Å²) in [5.74, 6) is -0.318. The molecule has 0 amide bonds. The van der Waals surface area contributed by atoms with Crippen molar-refractivity contribution in [3.63, 3.8) is 0 Å². The SMILES string of the molecule is COC(=O)C[C@H]1C[C@H](c2ccc(C(F)(F)F)cc2)CN(Cc2cc(CBr)cc(N=[N+]=[N-])c2)C1. The van der Waals surface area contributed by atoms with Crippen LogP contribution in [0.4, 0.5) is 18.9 Å². The molecule has 1 heterocycles. The Morgan fingerprint density at radius 3 is 2.52 bits per heavy atom. The van der Waals surface area contributed by atoms with E-state index in [0.717, 1.165) is 28.8 Å². The van der Waals surface area contributed by atoms with Gasteiger partial charge in [0.05, 0.1) is 12.7 Å². The quantitative estimate of drug-likeness (QED) is 0.133. The maximum Gasteiger partial charge on any atom is 0.416 e. The molecule has 1 saturated heterocycles. The first-order valence-electron chi connectivity index (χ1n) is 10.4. The maximum atomic E-state index is 13.0. The number of methoxy groups -OCH3 is 1. The molecular weight excluding hydrogens is 501 g/mol. The van der Waals surface area contributed by atoms with E-state index in [1.54, 1.807) is 6.07 Å². The molecule has 0 radical (unpaired) electrons. The predicted octanol–water partition coefficient (Wildman–Crippen LogP) is 6.71. The van der Waals surface area contributed by atoms with E-state index in [-0.39, 0.29) is 24.2 Å². The van der Waals surface area contributed by atoms with Gasteiger partial charge >= 0.3 is 12.1 Å². The lowest BCUT2D eigenvalue weighted by Gasteiger charge is -2.38. The number of ether oxygens (including phenoxy) is 1. The molecule has 0 N–H and O–H groups in total. The summed E-state index contributed by atoms with van der Waals surface area (Å²) < 4.78 is 43.7. The standard InChI is InChI=1S/C23H24BrF3N4O2/c1-33-22(32)10-17-7-19(18-2-4-20(5-3-18)23(25,26)27)14-31(13-17)12-16-6-15(11-24)8-21(9-16)29-30-28/h2-6,8-9,17,19H,7,10-14H2,1H3/t17-,19+/m1/s1. The number of nitrogens with zero attached hydrogens (tertiary/aromatic N) is 4. The van der Waals surface area contributed by atoms with Gasteiger partial charge in [0.25, 0.3) is 0 Å². The van der Waals surface area contributed by atoms with E-state index < -0.39 is 11.7 Å². The Hall–Kier alpha value is -2.55. The maximum absolute atomic E-state index is 13.0. The lowest BCUT2D eigenvalue weighted by Crippen LogP contribution is -2.40. The minimum Gasteiger partial charge on any atom is -0.469 e. The highest BCUT2D eigenvalue weighted by molar-refractivity contribution is 9.08. The third-order valence-electron chi connectivity index (χ3n) is 5.76. The van der Waals surface area contributed by atoms with E-state index >= 15 is 0 Å². The molecule has 2 aromatic rings. The fourth-order valence-corrected chi connectivity index (χ4v) is 4.69. The molecule has 0 unspecified atom stereocenters. The molecule has 0 bridgehead atoms. The van der Waals surface area contributed by atoms with Crippen LogP contribution in [0.3, 0.4) is 0 Å². The number of rotatable bonds is 7. The molecule has 176 valence electrons. The minimum absolute atomic E-state index is 0.00875. The molecule has 1 aliphatic heterocycles. The molecule has 1 fully saturated rings. The van der Waals surface area contributed by atoms with Gasteiger partial charge in [-0.05, 0) is 64.7 Å². The average Bonchev–Trinajstić information content (AvgIpc) is 2.78. The first-order chi connectivity index (χ1) is 15.7. The number of carbonyl (C=O) groups is 1. The minimum atomic E-state index is -4.38. The Kier molecular flexibility index (Phi) is 8.40. The summed E-state index contributed by atoms with van der Waals surface area (Å²) in [5.41, 5.74) is 11.4. The monoisotopic (exact) mass is 524 g/mol. The van der Waals surface area contributed by atoms with Gasteiger partial charge < -0.3 is 4.74 Å². The molecule has 6 nitrogen and oxygen atoms in total. The van der Waals surface area contributed by atoms with Gasteiger partial charge in [-0.3, -0.25) is 9.69 Å². The fraction of sp³-hybridized carbons (Fsp3) is 0.435. The molecule has 0 spiro atoms. The molecule has 0 saturated carbocycles. The van der Waals surface area contributed by atoms with E-state index in [9.17, 15) is 18.0 Å². The van der Waals surface area contributed by atoms with Crippen molar-refractivity contribution in [3.8, 4) is 0 Å². The summed E-state index contributed by atoms with van der Waals surface area (Å²) in [5, 5.41) is 4.32. The fourth-order valence-electron chi connectivity index (χ4n) is 4.36. The van der Waals surface area contributed by atoms with Crippen LogP contribution in [0.1, 0.15) is 41.0 Å². The van der Waals surface area contributed by atoms with Crippen molar-refractivity contribution in [2.45, 2.75) is 36.8 Å². The Balaban J connectivity index is 1.84. The van der Waals surface area contributed by atoms with Crippen LogP contribution >= 0.6 is 15.9 Å². The second-order valence-electron chi connectivity index (χ2n) is 8.22. The normalized spacial score (nSPS) is 19.1. The molecule has 2 aromatic carbocycles. The van der Waals surface area contributed by atoms with Crippen LogP contribution in [0.25, 0.3) is 10.4 Å². The zero-order valence-electron chi connectivity index (χ0n) is 18.1. The number of likely N-dealkylation sites (tertiary alicyclic amines) is 1. The number of esters is 1. The molecule has 1 aliphatic rings. The lowest BCUT2D eigenvalue weighted by atomic mass is 9.82. The van der Waals surface area contributed by atoms with E-state index in [1.165, 1.54) is 19.2 Å². The van der Waals surface area contributed by atoms with Crippen LogP contribution in [-0.2, 0) is 27.6 Å². The summed E-state index contributed by atoms with van der Waals surface area (Å²) in [6.45, 7) is 1.85. The van der Waals surface area contributed by atoms with Gasteiger partial charge in [-0.2, -0.15) is 13.2 Å². The topological polar surface area (TPSA) is 78.3 Å². The summed E-state index contributed by atoms with van der Waals surface area (Å²) in [6, 6.07) is 10.9. The van der Waals surface area contributed by atoms with Gasteiger partial charge in [-0.25, -0.2) is 0 Å². The molecule has 2 atom stereocenters. The molecular formula is C23H24BrF3N4O2. The van der Waals surface area contributed by atoms with Gasteiger partial charge in [0.1, 0.15) is 0 Å². The van der Waals surface area contributed by atoms with Crippen molar-refractivity contribution >= 4 is 27.6 Å². The van der Waals surface area contributed by atoms with Gasteiger partial charge in [0.2, 0.25) is 0 Å². The molecule has 33 heavy (non-hydrogen) atoms. The zero-order chi connectivity index (χ0) is 24.0. The second kappa shape index (κ2) is 11.0. The average molecular weight is 525 g/mol. The number of carbonyl (C=O) groups excluding carboxylic acids is 1. The lowest BCUT2D eigenvalue weighted by molar-refractivity contribution is -0.142. The third-order valence-corrected chi connectivity index (χ3v) is 6.41. The van der Waals surface area contributed by atoms with E-state index in [0.29, 0.717) is 37.1 Å². The van der Waals surface area contributed by atoms with Crippen LogP contribution in [0.15, 0.2) is 47.6 Å². The largest absolute Gasteiger partial charge is 0.469 e. The van der Waals surface area contributed by atoms with Crippen molar-refractivity contribution in [2.24, 2.45) is 11.0 Å². The van der Waals surface area contributed by atoms with Crippen LogP contribution in [0.5, 0.6) is 0 Å². The van der Waals surface area contributed by atoms with E-state index in [1.807, 2.05) is 12.1 Å². The Labute approximate surface area is 198 Å². The number of piperidine rings is 1. The van der Waals surface area contributed by atoms with Gasteiger partial charge in [0, 0.05) is 42.0 Å². The number of alkyl halides is 4. The highest BCUT2D eigenvalue weighted by Gasteiger charge is 2.32. The highest BCUT2D eigenvalue weighted by Crippen LogP contribution is 2.35. The highest BCUT2D eigenvalue weighted by atomic mass is 79.9. The van der Waals surface area contributed by atoms with Crippen molar-refractivity contribution in [2.75, 3.05) is 20.2 Å². The van der Waals surface area contributed by atoms with Crippen LogP contribution in [0.2, 0.25) is 0 Å². The smallest absolute Gasteiger partial charge is 0.416 e. The number of hydrogen-bond donors (Lipinski definition) is 0. The Morgan fingerprint density at radius 2 is 1.91 bits per heavy atom. The van der Waals surface area contributed by atoms with Gasteiger partial charge in [-0.1, -0.05) is 39.2 Å². The summed E-state index contributed by atoms with van der Waals surface area (Å²) >= 11 is 3.43. The van der Waals surface area contributed by atoms with Crippen molar-refractivity contribution in [1.29, 1.82) is 0 Å². The Bertz CT molecular complexity index is 1020. The number of azide groups is 1. The van der Waals surface area contributed by atoms with Gasteiger partial charge in [-0.15, -0.1) is 0 Å². The molecule has 10 heteroatoms.